The Bertz CT molecular complexity index is 402. The van der Waals surface area contributed by atoms with Crippen LogP contribution in [0.3, 0.4) is 0 Å². The van der Waals surface area contributed by atoms with Gasteiger partial charge in [-0.15, -0.1) is 0 Å². The number of ether oxygens (including phenoxy) is 2. The predicted molar refractivity (Wildman–Crippen MR) is 84.2 cm³/mol. The Kier molecular flexibility index (Phi) is 5.54. The van der Waals surface area contributed by atoms with Crippen LogP contribution in [0.25, 0.3) is 0 Å². The van der Waals surface area contributed by atoms with Crippen LogP contribution in [-0.4, -0.2) is 54.0 Å². The second-order valence-electron chi connectivity index (χ2n) is 6.69. The molecule has 0 aromatic carbocycles. The third-order valence-corrected chi connectivity index (χ3v) is 4.99. The SMILES string of the molecule is O=C1C(=O)N2CCCCCCCCCCCN1C21OCCCO1. The standard InChI is InChI=1S/C17H28N2O4/c20-15-16(21)19-12-9-7-5-3-1-2-4-6-8-11-18(15)17(19)22-13-10-14-23-17/h1-14H2. The molecule has 0 unspecified atom stereocenters. The first-order valence-corrected chi connectivity index (χ1v) is 9.17. The first-order valence-electron chi connectivity index (χ1n) is 9.17. The summed E-state index contributed by atoms with van der Waals surface area (Å²) >= 11 is 0. The summed E-state index contributed by atoms with van der Waals surface area (Å²) < 4.78 is 11.8. The fourth-order valence-electron chi connectivity index (χ4n) is 3.72. The van der Waals surface area contributed by atoms with Gasteiger partial charge in [-0.2, -0.15) is 0 Å². The summed E-state index contributed by atoms with van der Waals surface area (Å²) in [5.41, 5.74) is 0. The number of carbonyl (C=O) groups excluding carboxylic acids is 2. The lowest BCUT2D eigenvalue weighted by Gasteiger charge is -2.43. The van der Waals surface area contributed by atoms with Gasteiger partial charge >= 0.3 is 17.8 Å². The van der Waals surface area contributed by atoms with Gasteiger partial charge in [-0.05, 0) is 19.3 Å². The average Bonchev–Trinajstić information content (AvgIpc) is 2.74. The van der Waals surface area contributed by atoms with E-state index in [1.165, 1.54) is 41.9 Å². The summed E-state index contributed by atoms with van der Waals surface area (Å²) in [5, 5.41) is 0. The second-order valence-corrected chi connectivity index (χ2v) is 6.69. The maximum atomic E-state index is 12.5. The zero-order valence-electron chi connectivity index (χ0n) is 13.9. The van der Waals surface area contributed by atoms with Crippen molar-refractivity contribution in [3.63, 3.8) is 0 Å². The molecule has 3 fully saturated rings. The van der Waals surface area contributed by atoms with Crippen molar-refractivity contribution in [2.24, 2.45) is 0 Å². The number of amides is 2. The van der Waals surface area contributed by atoms with E-state index in [1.54, 1.807) is 0 Å². The van der Waals surface area contributed by atoms with E-state index in [9.17, 15) is 9.59 Å². The molecule has 3 saturated heterocycles. The van der Waals surface area contributed by atoms with Gasteiger partial charge in [0.2, 0.25) is 0 Å². The lowest BCUT2D eigenvalue weighted by molar-refractivity contribution is -0.377. The topological polar surface area (TPSA) is 59.1 Å². The smallest absolute Gasteiger partial charge is 0.315 e. The van der Waals surface area contributed by atoms with E-state index in [4.69, 9.17) is 9.47 Å². The normalized spacial score (nSPS) is 27.3. The Morgan fingerprint density at radius 3 is 1.43 bits per heavy atom. The Morgan fingerprint density at radius 2 is 1.00 bits per heavy atom. The lowest BCUT2D eigenvalue weighted by Crippen LogP contribution is -2.60. The van der Waals surface area contributed by atoms with E-state index in [1.807, 2.05) is 0 Å². The zero-order chi connectivity index (χ0) is 16.1. The lowest BCUT2D eigenvalue weighted by atomic mass is 10.1. The minimum Gasteiger partial charge on any atom is -0.315 e. The number of hydrogen-bond acceptors (Lipinski definition) is 4. The van der Waals surface area contributed by atoms with Gasteiger partial charge < -0.3 is 9.47 Å². The maximum absolute atomic E-state index is 12.5. The van der Waals surface area contributed by atoms with E-state index in [0.29, 0.717) is 26.3 Å². The zero-order valence-corrected chi connectivity index (χ0v) is 13.9. The van der Waals surface area contributed by atoms with Gasteiger partial charge in [0.25, 0.3) is 0 Å². The Hall–Kier alpha value is -1.14. The van der Waals surface area contributed by atoms with Crippen molar-refractivity contribution in [2.75, 3.05) is 26.3 Å². The van der Waals surface area contributed by atoms with E-state index < -0.39 is 17.8 Å². The largest absolute Gasteiger partial charge is 0.348 e. The second kappa shape index (κ2) is 7.62. The molecule has 0 atom stereocenters. The molecule has 3 rings (SSSR count). The van der Waals surface area contributed by atoms with Crippen LogP contribution >= 0.6 is 0 Å². The molecule has 3 heterocycles. The highest BCUT2D eigenvalue weighted by molar-refractivity contribution is 6.37. The van der Waals surface area contributed by atoms with Crippen LogP contribution in [0.2, 0.25) is 0 Å². The van der Waals surface area contributed by atoms with Gasteiger partial charge in [-0.3, -0.25) is 19.4 Å². The van der Waals surface area contributed by atoms with Gasteiger partial charge in [-0.1, -0.05) is 44.9 Å². The van der Waals surface area contributed by atoms with Crippen LogP contribution in [-0.2, 0) is 19.1 Å². The molecule has 0 aliphatic carbocycles. The molecule has 0 radical (unpaired) electrons. The summed E-state index contributed by atoms with van der Waals surface area (Å²) in [7, 11) is 0. The van der Waals surface area contributed by atoms with Crippen molar-refractivity contribution in [1.29, 1.82) is 0 Å². The third kappa shape index (κ3) is 3.38. The van der Waals surface area contributed by atoms with E-state index >= 15 is 0 Å². The molecule has 6 heteroatoms. The summed E-state index contributed by atoms with van der Waals surface area (Å²) in [5.74, 6) is -0.941. The molecule has 3 aliphatic heterocycles. The number of carbonyl (C=O) groups is 2. The van der Waals surface area contributed by atoms with Crippen molar-refractivity contribution in [3.8, 4) is 0 Å². The fraction of sp³-hybridized carbons (Fsp3) is 0.882. The monoisotopic (exact) mass is 324 g/mol. The van der Waals surface area contributed by atoms with Gasteiger partial charge in [0.15, 0.2) is 0 Å². The van der Waals surface area contributed by atoms with Crippen molar-refractivity contribution in [3.05, 3.63) is 0 Å². The van der Waals surface area contributed by atoms with Gasteiger partial charge in [-0.25, -0.2) is 0 Å². The number of nitrogens with zero attached hydrogens (tertiary/aromatic N) is 2. The van der Waals surface area contributed by atoms with Gasteiger partial charge in [0.05, 0.1) is 13.2 Å². The van der Waals surface area contributed by atoms with Crippen LogP contribution in [0.1, 0.15) is 64.2 Å². The molecular formula is C17H28N2O4. The van der Waals surface area contributed by atoms with E-state index in [0.717, 1.165) is 32.1 Å². The molecule has 3 aliphatic rings. The highest BCUT2D eigenvalue weighted by Crippen LogP contribution is 2.35. The van der Waals surface area contributed by atoms with Crippen molar-refractivity contribution in [2.45, 2.75) is 70.2 Å². The Balaban J connectivity index is 1.79. The summed E-state index contributed by atoms with van der Waals surface area (Å²) in [4.78, 5) is 28.0. The molecule has 23 heavy (non-hydrogen) atoms. The van der Waals surface area contributed by atoms with Crippen LogP contribution in [0.4, 0.5) is 0 Å². The Morgan fingerprint density at radius 1 is 0.609 bits per heavy atom. The number of rotatable bonds is 0. The molecule has 130 valence electrons. The predicted octanol–water partition coefficient (Wildman–Crippen LogP) is 2.23. The van der Waals surface area contributed by atoms with Crippen LogP contribution in [0, 0.1) is 0 Å². The minimum atomic E-state index is -1.27. The Labute approximate surface area is 138 Å². The summed E-state index contributed by atoms with van der Waals surface area (Å²) in [6.07, 6.45) is 10.9. The molecule has 0 saturated carbocycles. The van der Waals surface area contributed by atoms with Crippen LogP contribution in [0.5, 0.6) is 0 Å². The van der Waals surface area contributed by atoms with E-state index in [2.05, 4.69) is 0 Å². The molecule has 0 N–H and O–H groups in total. The van der Waals surface area contributed by atoms with Crippen molar-refractivity contribution < 1.29 is 19.1 Å². The summed E-state index contributed by atoms with van der Waals surface area (Å²) in [6, 6.07) is -1.27. The molecule has 1 spiro atoms. The van der Waals surface area contributed by atoms with Gasteiger partial charge in [0.1, 0.15) is 0 Å². The highest BCUT2D eigenvalue weighted by Gasteiger charge is 2.59. The average molecular weight is 324 g/mol. The van der Waals surface area contributed by atoms with Crippen LogP contribution < -0.4 is 0 Å². The third-order valence-electron chi connectivity index (χ3n) is 4.99. The minimum absolute atomic E-state index is 0.471. The molecule has 2 bridgehead atoms. The van der Waals surface area contributed by atoms with Crippen molar-refractivity contribution in [1.82, 2.24) is 9.80 Å². The first kappa shape index (κ1) is 16.7. The highest BCUT2D eigenvalue weighted by atomic mass is 16.8. The summed E-state index contributed by atoms with van der Waals surface area (Å²) in [6.45, 7) is 2.10. The molecule has 0 aromatic heterocycles. The molecule has 2 amide bonds. The fourth-order valence-corrected chi connectivity index (χ4v) is 3.72. The van der Waals surface area contributed by atoms with Crippen molar-refractivity contribution >= 4 is 11.8 Å². The number of hydrogen-bond donors (Lipinski definition) is 0. The first-order chi connectivity index (χ1) is 11.3. The quantitative estimate of drug-likeness (QED) is 0.641. The maximum Gasteiger partial charge on any atom is 0.348 e. The van der Waals surface area contributed by atoms with Gasteiger partial charge in [0, 0.05) is 13.1 Å². The molecule has 6 nitrogen and oxygen atoms in total. The van der Waals surface area contributed by atoms with E-state index in [-0.39, 0.29) is 0 Å². The molecular weight excluding hydrogens is 296 g/mol. The molecule has 0 aromatic rings. The van der Waals surface area contributed by atoms with Crippen LogP contribution in [0.15, 0.2) is 0 Å².